The highest BCUT2D eigenvalue weighted by Crippen LogP contribution is 2.24. The summed E-state index contributed by atoms with van der Waals surface area (Å²) in [5, 5.41) is 5.87. The van der Waals surface area contributed by atoms with Gasteiger partial charge >= 0.3 is 0 Å². The molecule has 3 aromatic rings. The largest absolute Gasteiger partial charge is 0.366 e. The van der Waals surface area contributed by atoms with Gasteiger partial charge in [0.1, 0.15) is 0 Å². The number of nitrogens with two attached hydrogens (primary N) is 1. The Hall–Kier alpha value is -3.51. The lowest BCUT2D eigenvalue weighted by Gasteiger charge is -2.18. The van der Waals surface area contributed by atoms with Crippen molar-refractivity contribution >= 4 is 34.8 Å². The van der Waals surface area contributed by atoms with Gasteiger partial charge in [-0.25, -0.2) is 0 Å². The van der Waals surface area contributed by atoms with E-state index in [0.29, 0.717) is 11.3 Å². The Bertz CT molecular complexity index is 934. The number of anilines is 1. The fourth-order valence-electron chi connectivity index (χ4n) is 2.85. The second-order valence-corrected chi connectivity index (χ2v) is 6.55. The third kappa shape index (κ3) is 4.81. The molecule has 3 aromatic carbocycles. The highest BCUT2D eigenvalue weighted by molar-refractivity contribution is 7.80. The van der Waals surface area contributed by atoms with Crippen LogP contribution in [0.5, 0.6) is 0 Å². The topological polar surface area (TPSA) is 84.2 Å². The lowest BCUT2D eigenvalue weighted by atomic mass is 9.90. The summed E-state index contributed by atoms with van der Waals surface area (Å²) < 4.78 is 0. The predicted octanol–water partition coefficient (Wildman–Crippen LogP) is 3.43. The molecule has 0 aliphatic heterocycles. The lowest BCUT2D eigenvalue weighted by molar-refractivity contribution is -0.120. The van der Waals surface area contributed by atoms with Gasteiger partial charge in [0.15, 0.2) is 5.11 Å². The number of nitrogens with one attached hydrogen (secondary N) is 2. The third-order valence-corrected chi connectivity index (χ3v) is 4.40. The van der Waals surface area contributed by atoms with Crippen LogP contribution in [0, 0.1) is 0 Å². The number of thiocarbonyl (C=S) groups is 1. The first-order valence-corrected chi connectivity index (χ1v) is 9.07. The smallest absolute Gasteiger partial charge is 0.248 e. The average Bonchev–Trinajstić information content (AvgIpc) is 2.70. The highest BCUT2D eigenvalue weighted by Gasteiger charge is 2.23. The summed E-state index contributed by atoms with van der Waals surface area (Å²) >= 11 is 5.28. The molecule has 4 N–H and O–H groups in total. The van der Waals surface area contributed by atoms with Crippen LogP contribution in [0.2, 0.25) is 0 Å². The molecule has 0 aliphatic carbocycles. The Kier molecular flexibility index (Phi) is 6.14. The second kappa shape index (κ2) is 8.92. The van der Waals surface area contributed by atoms with Gasteiger partial charge in [0.25, 0.3) is 0 Å². The molecule has 0 atom stereocenters. The molecule has 0 radical (unpaired) electrons. The van der Waals surface area contributed by atoms with Crippen LogP contribution in [0.25, 0.3) is 0 Å². The van der Waals surface area contributed by atoms with E-state index >= 15 is 0 Å². The summed E-state index contributed by atoms with van der Waals surface area (Å²) in [5.41, 5.74) is 8.02. The molecular formula is C22H19N3O2S. The van der Waals surface area contributed by atoms with Crippen LogP contribution in [0.4, 0.5) is 5.69 Å². The molecule has 2 amide bonds. The van der Waals surface area contributed by atoms with Crippen LogP contribution >= 0.6 is 12.2 Å². The Labute approximate surface area is 168 Å². The minimum Gasteiger partial charge on any atom is -0.366 e. The maximum absolute atomic E-state index is 13.0. The maximum Gasteiger partial charge on any atom is 0.248 e. The fraction of sp³-hybridized carbons (Fsp3) is 0.0455. The zero-order chi connectivity index (χ0) is 19.9. The van der Waals surface area contributed by atoms with Crippen LogP contribution in [0.15, 0.2) is 84.9 Å². The van der Waals surface area contributed by atoms with Crippen LogP contribution < -0.4 is 16.4 Å². The molecule has 0 spiro atoms. The molecule has 140 valence electrons. The van der Waals surface area contributed by atoms with Crippen molar-refractivity contribution in [1.82, 2.24) is 5.32 Å². The lowest BCUT2D eigenvalue weighted by Crippen LogP contribution is -2.37. The van der Waals surface area contributed by atoms with Gasteiger partial charge in [0.05, 0.1) is 5.92 Å². The number of rotatable bonds is 5. The number of benzene rings is 3. The van der Waals surface area contributed by atoms with E-state index in [0.717, 1.165) is 11.1 Å². The van der Waals surface area contributed by atoms with Crippen molar-refractivity contribution in [3.8, 4) is 0 Å². The summed E-state index contributed by atoms with van der Waals surface area (Å²) in [5.74, 6) is -1.22. The number of amides is 2. The van der Waals surface area contributed by atoms with Crippen molar-refractivity contribution in [2.45, 2.75) is 5.92 Å². The van der Waals surface area contributed by atoms with E-state index in [1.54, 1.807) is 24.3 Å². The first kappa shape index (κ1) is 19.3. The normalized spacial score (nSPS) is 10.3. The zero-order valence-corrected chi connectivity index (χ0v) is 15.8. The molecule has 0 aliphatic rings. The Morgan fingerprint density at radius 2 is 1.29 bits per heavy atom. The Balaban J connectivity index is 1.74. The molecular weight excluding hydrogens is 370 g/mol. The first-order chi connectivity index (χ1) is 13.5. The Morgan fingerprint density at radius 3 is 1.75 bits per heavy atom. The minimum absolute atomic E-state index is 0.175. The van der Waals surface area contributed by atoms with E-state index < -0.39 is 11.8 Å². The average molecular weight is 389 g/mol. The molecule has 0 bridgehead atoms. The number of carbonyl (C=O) groups excluding carboxylic acids is 2. The van der Waals surface area contributed by atoms with Gasteiger partial charge in [-0.1, -0.05) is 60.7 Å². The fourth-order valence-corrected chi connectivity index (χ4v) is 3.07. The van der Waals surface area contributed by atoms with E-state index in [2.05, 4.69) is 10.6 Å². The van der Waals surface area contributed by atoms with E-state index in [4.69, 9.17) is 18.0 Å². The standard InChI is InChI=1S/C22H19N3O2S/c23-20(26)17-11-13-18(14-12-17)24-22(28)25-21(27)19(15-7-3-1-4-8-15)16-9-5-2-6-10-16/h1-14,19H,(H2,23,26)(H2,24,25,27,28). The second-order valence-electron chi connectivity index (χ2n) is 6.14. The summed E-state index contributed by atoms with van der Waals surface area (Å²) in [7, 11) is 0. The van der Waals surface area contributed by atoms with Crippen LogP contribution in [-0.2, 0) is 4.79 Å². The molecule has 0 saturated heterocycles. The molecule has 5 nitrogen and oxygen atoms in total. The van der Waals surface area contributed by atoms with E-state index in [1.807, 2.05) is 60.7 Å². The number of primary amides is 1. The van der Waals surface area contributed by atoms with Crippen molar-refractivity contribution < 1.29 is 9.59 Å². The van der Waals surface area contributed by atoms with Crippen molar-refractivity contribution in [2.75, 3.05) is 5.32 Å². The summed E-state index contributed by atoms with van der Waals surface area (Å²) in [6, 6.07) is 25.6. The molecule has 0 fully saturated rings. The number of carbonyl (C=O) groups is 2. The van der Waals surface area contributed by atoms with Crippen LogP contribution in [0.1, 0.15) is 27.4 Å². The van der Waals surface area contributed by atoms with Gasteiger partial charge in [0, 0.05) is 11.3 Å². The van der Waals surface area contributed by atoms with E-state index in [1.165, 1.54) is 0 Å². The molecule has 0 aromatic heterocycles. The minimum atomic E-state index is -0.504. The SMILES string of the molecule is NC(=O)c1ccc(NC(=S)NC(=O)C(c2ccccc2)c2ccccc2)cc1. The highest BCUT2D eigenvalue weighted by atomic mass is 32.1. The maximum atomic E-state index is 13.0. The van der Waals surface area contributed by atoms with Gasteiger partial charge in [-0.05, 0) is 47.6 Å². The molecule has 6 heteroatoms. The quantitative estimate of drug-likeness (QED) is 0.584. The van der Waals surface area contributed by atoms with Crippen LogP contribution in [0.3, 0.4) is 0 Å². The van der Waals surface area contributed by atoms with Crippen LogP contribution in [-0.4, -0.2) is 16.9 Å². The summed E-state index contributed by atoms with van der Waals surface area (Å²) in [4.78, 5) is 24.1. The summed E-state index contributed by atoms with van der Waals surface area (Å²) in [6.07, 6.45) is 0. The Morgan fingerprint density at radius 1 is 0.786 bits per heavy atom. The van der Waals surface area contributed by atoms with Crippen molar-refractivity contribution in [3.05, 3.63) is 102 Å². The number of hydrogen-bond donors (Lipinski definition) is 3. The molecule has 0 unspecified atom stereocenters. The molecule has 28 heavy (non-hydrogen) atoms. The van der Waals surface area contributed by atoms with Crippen molar-refractivity contribution in [1.29, 1.82) is 0 Å². The van der Waals surface area contributed by atoms with Gasteiger partial charge in [-0.2, -0.15) is 0 Å². The van der Waals surface area contributed by atoms with E-state index in [-0.39, 0.29) is 11.0 Å². The van der Waals surface area contributed by atoms with Crippen molar-refractivity contribution in [2.24, 2.45) is 5.73 Å². The van der Waals surface area contributed by atoms with Gasteiger partial charge in [-0.3, -0.25) is 9.59 Å². The van der Waals surface area contributed by atoms with Gasteiger partial charge < -0.3 is 16.4 Å². The van der Waals surface area contributed by atoms with Crippen molar-refractivity contribution in [3.63, 3.8) is 0 Å². The summed E-state index contributed by atoms with van der Waals surface area (Å²) in [6.45, 7) is 0. The molecule has 0 saturated carbocycles. The van der Waals surface area contributed by atoms with Gasteiger partial charge in [0.2, 0.25) is 11.8 Å². The predicted molar refractivity (Wildman–Crippen MR) is 114 cm³/mol. The molecule has 3 rings (SSSR count). The molecule has 0 heterocycles. The van der Waals surface area contributed by atoms with E-state index in [9.17, 15) is 9.59 Å². The third-order valence-electron chi connectivity index (χ3n) is 4.19. The number of hydrogen-bond acceptors (Lipinski definition) is 3. The zero-order valence-electron chi connectivity index (χ0n) is 15.0. The first-order valence-electron chi connectivity index (χ1n) is 8.66. The monoisotopic (exact) mass is 389 g/mol. The van der Waals surface area contributed by atoms with Gasteiger partial charge in [-0.15, -0.1) is 0 Å².